The van der Waals surface area contributed by atoms with E-state index in [2.05, 4.69) is 26.1 Å². The van der Waals surface area contributed by atoms with Gasteiger partial charge in [0.2, 0.25) is 0 Å². The molecule has 0 aliphatic heterocycles. The maximum atomic E-state index is 5.74. The topological polar surface area (TPSA) is 30.5 Å². The Morgan fingerprint density at radius 3 is 2.31 bits per heavy atom. The molecule has 0 amide bonds. The van der Waals surface area contributed by atoms with E-state index in [1.165, 1.54) is 0 Å². The first-order chi connectivity index (χ1) is 7.79. The van der Waals surface area contributed by atoms with Crippen LogP contribution in [0.3, 0.4) is 0 Å². The first-order valence-electron chi connectivity index (χ1n) is 6.72. The predicted molar refractivity (Wildman–Crippen MR) is 68.9 cm³/mol. The van der Waals surface area contributed by atoms with Gasteiger partial charge in [-0.15, -0.1) is 0 Å². The molecule has 0 radical (unpaired) electrons. The number of nitrogens with one attached hydrogen (secondary N) is 1. The van der Waals surface area contributed by atoms with Crippen LogP contribution in [0.2, 0.25) is 0 Å². The van der Waals surface area contributed by atoms with Crippen LogP contribution >= 0.6 is 0 Å². The van der Waals surface area contributed by atoms with Crippen molar-refractivity contribution in [1.29, 1.82) is 0 Å². The highest BCUT2D eigenvalue weighted by atomic mass is 16.5. The van der Waals surface area contributed by atoms with Crippen molar-refractivity contribution < 1.29 is 9.47 Å². The van der Waals surface area contributed by atoms with Crippen LogP contribution in [0.5, 0.6) is 0 Å². The molecule has 2 unspecified atom stereocenters. The highest BCUT2D eigenvalue weighted by Gasteiger charge is 2.19. The van der Waals surface area contributed by atoms with Crippen molar-refractivity contribution in [2.75, 3.05) is 26.4 Å². The second kappa shape index (κ2) is 11.4. The summed E-state index contributed by atoms with van der Waals surface area (Å²) in [6.07, 6.45) is 3.53. The normalized spacial score (nSPS) is 15.0. The molecule has 98 valence electrons. The quantitative estimate of drug-likeness (QED) is 0.554. The van der Waals surface area contributed by atoms with E-state index in [0.717, 1.165) is 45.6 Å². The van der Waals surface area contributed by atoms with Gasteiger partial charge in [0.15, 0.2) is 0 Å². The zero-order valence-corrected chi connectivity index (χ0v) is 11.4. The van der Waals surface area contributed by atoms with E-state index < -0.39 is 0 Å². The lowest BCUT2D eigenvalue weighted by Crippen LogP contribution is -2.45. The minimum absolute atomic E-state index is 0.272. The molecular weight excluding hydrogens is 202 g/mol. The van der Waals surface area contributed by atoms with Gasteiger partial charge in [0.05, 0.1) is 18.8 Å². The van der Waals surface area contributed by atoms with Crippen LogP contribution in [0.1, 0.15) is 47.0 Å². The SMILES string of the molecule is CCCNC(COCCC)C(CC)OCC. The molecule has 0 aromatic carbocycles. The summed E-state index contributed by atoms with van der Waals surface area (Å²) in [6, 6.07) is 0.330. The molecule has 0 aliphatic rings. The second-order valence-electron chi connectivity index (χ2n) is 4.04. The van der Waals surface area contributed by atoms with E-state index in [-0.39, 0.29) is 6.10 Å². The van der Waals surface area contributed by atoms with E-state index in [4.69, 9.17) is 9.47 Å². The van der Waals surface area contributed by atoms with Crippen LogP contribution in [0.4, 0.5) is 0 Å². The summed E-state index contributed by atoms with van der Waals surface area (Å²) in [4.78, 5) is 0. The fourth-order valence-corrected chi connectivity index (χ4v) is 1.71. The minimum Gasteiger partial charge on any atom is -0.380 e. The standard InChI is InChI=1S/C13H29NO2/c1-5-9-14-12(11-15-10-6-2)13(7-3)16-8-4/h12-14H,5-11H2,1-4H3. The second-order valence-corrected chi connectivity index (χ2v) is 4.04. The molecule has 0 heterocycles. The van der Waals surface area contributed by atoms with E-state index in [9.17, 15) is 0 Å². The summed E-state index contributed by atoms with van der Waals surface area (Å²) >= 11 is 0. The van der Waals surface area contributed by atoms with Crippen molar-refractivity contribution in [2.45, 2.75) is 59.1 Å². The average molecular weight is 231 g/mol. The molecule has 0 saturated carbocycles. The van der Waals surface area contributed by atoms with Crippen molar-refractivity contribution in [3.05, 3.63) is 0 Å². The highest BCUT2D eigenvalue weighted by molar-refractivity contribution is 4.76. The van der Waals surface area contributed by atoms with Crippen LogP contribution in [-0.4, -0.2) is 38.5 Å². The Balaban J connectivity index is 4.02. The third-order valence-corrected chi connectivity index (χ3v) is 2.53. The van der Waals surface area contributed by atoms with Gasteiger partial charge >= 0.3 is 0 Å². The lowest BCUT2D eigenvalue weighted by molar-refractivity contribution is -0.00127. The summed E-state index contributed by atoms with van der Waals surface area (Å²) in [7, 11) is 0. The fourth-order valence-electron chi connectivity index (χ4n) is 1.71. The Morgan fingerprint density at radius 2 is 1.81 bits per heavy atom. The van der Waals surface area contributed by atoms with Gasteiger partial charge in [-0.1, -0.05) is 20.8 Å². The Labute approximate surface area is 101 Å². The minimum atomic E-state index is 0.272. The van der Waals surface area contributed by atoms with E-state index in [1.807, 2.05) is 6.92 Å². The molecule has 0 aliphatic carbocycles. The van der Waals surface area contributed by atoms with Gasteiger partial charge in [0, 0.05) is 13.2 Å². The van der Waals surface area contributed by atoms with Crippen molar-refractivity contribution in [3.8, 4) is 0 Å². The fraction of sp³-hybridized carbons (Fsp3) is 1.00. The number of hydrogen-bond donors (Lipinski definition) is 1. The van der Waals surface area contributed by atoms with Crippen molar-refractivity contribution in [3.63, 3.8) is 0 Å². The van der Waals surface area contributed by atoms with Crippen molar-refractivity contribution >= 4 is 0 Å². The maximum absolute atomic E-state index is 5.74. The number of rotatable bonds is 11. The molecule has 0 spiro atoms. The molecule has 0 fully saturated rings. The summed E-state index contributed by atoms with van der Waals surface area (Å²) in [5.41, 5.74) is 0. The predicted octanol–water partition coefficient (Wildman–Crippen LogP) is 2.60. The largest absolute Gasteiger partial charge is 0.380 e. The monoisotopic (exact) mass is 231 g/mol. The molecule has 2 atom stereocenters. The lowest BCUT2D eigenvalue weighted by atomic mass is 10.1. The molecule has 0 rings (SSSR count). The third kappa shape index (κ3) is 7.20. The number of ether oxygens (including phenoxy) is 2. The van der Waals surface area contributed by atoms with Gasteiger partial charge in [-0.2, -0.15) is 0 Å². The van der Waals surface area contributed by atoms with E-state index >= 15 is 0 Å². The lowest BCUT2D eigenvalue weighted by Gasteiger charge is -2.27. The van der Waals surface area contributed by atoms with Crippen LogP contribution < -0.4 is 5.32 Å². The molecule has 3 heteroatoms. The first kappa shape index (κ1) is 15.9. The molecule has 1 N–H and O–H groups in total. The van der Waals surface area contributed by atoms with Gasteiger partial charge in [-0.25, -0.2) is 0 Å². The molecule has 0 bridgehead atoms. The Bertz CT molecular complexity index is 142. The zero-order valence-electron chi connectivity index (χ0n) is 11.4. The van der Waals surface area contributed by atoms with E-state index in [1.54, 1.807) is 0 Å². The molecule has 0 aromatic rings. The van der Waals surface area contributed by atoms with Gasteiger partial charge < -0.3 is 14.8 Å². The Hall–Kier alpha value is -0.120. The van der Waals surface area contributed by atoms with Gasteiger partial charge in [0.1, 0.15) is 0 Å². The van der Waals surface area contributed by atoms with Crippen molar-refractivity contribution in [2.24, 2.45) is 0 Å². The smallest absolute Gasteiger partial charge is 0.0747 e. The van der Waals surface area contributed by atoms with E-state index in [0.29, 0.717) is 6.04 Å². The zero-order chi connectivity index (χ0) is 12.2. The van der Waals surface area contributed by atoms with Crippen LogP contribution in [0.25, 0.3) is 0 Å². The Kier molecular flexibility index (Phi) is 11.3. The van der Waals surface area contributed by atoms with Crippen LogP contribution in [0.15, 0.2) is 0 Å². The van der Waals surface area contributed by atoms with Gasteiger partial charge in [-0.05, 0) is 32.7 Å². The summed E-state index contributed by atoms with van der Waals surface area (Å²) < 4.78 is 11.4. The summed E-state index contributed by atoms with van der Waals surface area (Å²) in [6.45, 7) is 11.9. The highest BCUT2D eigenvalue weighted by Crippen LogP contribution is 2.06. The molecule has 0 aromatic heterocycles. The molecular formula is C13H29NO2. The molecule has 16 heavy (non-hydrogen) atoms. The first-order valence-corrected chi connectivity index (χ1v) is 6.72. The van der Waals surface area contributed by atoms with Gasteiger partial charge in [-0.3, -0.25) is 0 Å². The third-order valence-electron chi connectivity index (χ3n) is 2.53. The summed E-state index contributed by atoms with van der Waals surface area (Å²) in [5, 5.41) is 3.51. The van der Waals surface area contributed by atoms with Gasteiger partial charge in [0.25, 0.3) is 0 Å². The van der Waals surface area contributed by atoms with Crippen LogP contribution in [-0.2, 0) is 9.47 Å². The molecule has 3 nitrogen and oxygen atoms in total. The molecule has 0 saturated heterocycles. The van der Waals surface area contributed by atoms with Crippen LogP contribution in [0, 0.1) is 0 Å². The maximum Gasteiger partial charge on any atom is 0.0747 e. The summed E-state index contributed by atoms with van der Waals surface area (Å²) in [5.74, 6) is 0. The Morgan fingerprint density at radius 1 is 1.06 bits per heavy atom. The van der Waals surface area contributed by atoms with Crippen molar-refractivity contribution in [1.82, 2.24) is 5.32 Å². The average Bonchev–Trinajstić information content (AvgIpc) is 2.31. The number of hydrogen-bond acceptors (Lipinski definition) is 3.